The molecular weight excluding hydrogens is 923 g/mol. The van der Waals surface area contributed by atoms with Crippen LogP contribution in [0.5, 0.6) is 0 Å². The number of hydrogen-bond acceptors (Lipinski definition) is 7. The average molecular weight is 1030 g/mol. The summed E-state index contributed by atoms with van der Waals surface area (Å²) >= 11 is 0. The summed E-state index contributed by atoms with van der Waals surface area (Å²) in [5.74, 6) is -2.11. The second kappa shape index (κ2) is 54.4. The van der Waals surface area contributed by atoms with E-state index in [9.17, 15) is 19.5 Å². The molecule has 1 N–H and O–H groups in total. The van der Waals surface area contributed by atoms with Gasteiger partial charge in [-0.3, -0.25) is 9.59 Å². The summed E-state index contributed by atoms with van der Waals surface area (Å²) in [6, 6.07) is 0. The van der Waals surface area contributed by atoms with Gasteiger partial charge in [0.25, 0.3) is 6.29 Å². The monoisotopic (exact) mass is 1030 g/mol. The van der Waals surface area contributed by atoms with Crippen molar-refractivity contribution in [1.29, 1.82) is 0 Å². The molecule has 9 nitrogen and oxygen atoms in total. The molecule has 0 amide bonds. The van der Waals surface area contributed by atoms with Crippen molar-refractivity contribution in [2.45, 2.75) is 200 Å². The Morgan fingerprint density at radius 1 is 0.419 bits per heavy atom. The van der Waals surface area contributed by atoms with Crippen LogP contribution < -0.4 is 0 Å². The summed E-state index contributed by atoms with van der Waals surface area (Å²) in [5, 5.41) is 9.69. The molecule has 0 rings (SSSR count). The number of likely N-dealkylation sites (N-methyl/N-ethyl adjacent to an activating group) is 1. The second-order valence-electron chi connectivity index (χ2n) is 19.5. The molecule has 416 valence electrons. The summed E-state index contributed by atoms with van der Waals surface area (Å²) in [6.07, 6.45) is 76.4. The number of allylic oxidation sites excluding steroid dienone is 24. The summed E-state index contributed by atoms with van der Waals surface area (Å²) in [4.78, 5) is 37.3. The van der Waals surface area contributed by atoms with E-state index in [2.05, 4.69) is 160 Å². The highest BCUT2D eigenvalue weighted by Gasteiger charge is 2.25. The van der Waals surface area contributed by atoms with E-state index in [1.54, 1.807) is 0 Å². The van der Waals surface area contributed by atoms with Crippen molar-refractivity contribution in [1.82, 2.24) is 0 Å². The predicted octanol–water partition coefficient (Wildman–Crippen LogP) is 16.8. The van der Waals surface area contributed by atoms with Crippen molar-refractivity contribution in [3.8, 4) is 0 Å². The number of aliphatic carboxylic acids is 1. The minimum Gasteiger partial charge on any atom is -0.477 e. The molecule has 0 aromatic carbocycles. The molecule has 9 heteroatoms. The van der Waals surface area contributed by atoms with Gasteiger partial charge in [0.1, 0.15) is 13.2 Å². The number of unbranched alkanes of at least 4 members (excludes halogenated alkanes) is 11. The standard InChI is InChI=1S/C65H103NO8/c1-6-8-10-12-14-16-18-20-22-24-25-26-27-28-29-30-31-32-33-34-35-36-37-38-39-40-42-44-46-48-50-52-54-56-63(68)74-61(60-73-65(64(69)70)71-58-57-66(3,4)5)59-72-62(67)55-53-51-49-47-45-43-41-23-21-19-17-15-13-11-9-7-2/h8,10,14,16-17,19-20,22-23,25-26,28-29,31-32,34-35,37-38,40-42,46,48,61,65H,6-7,9,11-13,15,18,21,24,27,30,33,36,39,43-45,47,49-60H2,1-5H3/p+1/b10-8-,16-14-,19-17-,22-20-,26-25-,29-28-,32-31-,35-34-,38-37-,41-23-,42-40-,48-46-. The lowest BCUT2D eigenvalue weighted by atomic mass is 10.1. The molecule has 0 aromatic heterocycles. The minimum absolute atomic E-state index is 0.168. The highest BCUT2D eigenvalue weighted by atomic mass is 16.7. The summed E-state index contributed by atoms with van der Waals surface area (Å²) in [5.41, 5.74) is 0. The third-order valence-electron chi connectivity index (χ3n) is 11.3. The average Bonchev–Trinajstić information content (AvgIpc) is 3.37. The minimum atomic E-state index is -1.54. The van der Waals surface area contributed by atoms with E-state index in [1.807, 2.05) is 21.1 Å². The Labute approximate surface area is 452 Å². The molecular formula is C65H104NO8+. The number of nitrogens with zero attached hydrogens (tertiary/aromatic N) is 1. The van der Waals surface area contributed by atoms with E-state index in [4.69, 9.17) is 18.9 Å². The Bertz CT molecular complexity index is 1720. The van der Waals surface area contributed by atoms with Crippen molar-refractivity contribution < 1.29 is 42.9 Å². The fourth-order valence-electron chi connectivity index (χ4n) is 6.95. The number of quaternary nitrogens is 1. The third kappa shape index (κ3) is 54.9. The Morgan fingerprint density at radius 3 is 1.18 bits per heavy atom. The number of rotatable bonds is 50. The first-order valence-corrected chi connectivity index (χ1v) is 28.5. The highest BCUT2D eigenvalue weighted by molar-refractivity contribution is 5.71. The maximum Gasteiger partial charge on any atom is 0.361 e. The van der Waals surface area contributed by atoms with Gasteiger partial charge in [0, 0.05) is 12.8 Å². The molecule has 2 unspecified atom stereocenters. The van der Waals surface area contributed by atoms with Crippen LogP contribution in [0.4, 0.5) is 0 Å². The Morgan fingerprint density at radius 2 is 0.770 bits per heavy atom. The van der Waals surface area contributed by atoms with Crippen molar-refractivity contribution >= 4 is 17.9 Å². The van der Waals surface area contributed by atoms with Gasteiger partial charge in [-0.1, -0.05) is 198 Å². The zero-order chi connectivity index (χ0) is 54.1. The topological polar surface area (TPSA) is 108 Å². The maximum atomic E-state index is 12.8. The lowest BCUT2D eigenvalue weighted by Crippen LogP contribution is -2.40. The number of carbonyl (C=O) groups is 3. The van der Waals surface area contributed by atoms with Crippen LogP contribution in [-0.2, 0) is 33.3 Å². The molecule has 0 saturated carbocycles. The van der Waals surface area contributed by atoms with Crippen LogP contribution >= 0.6 is 0 Å². The van der Waals surface area contributed by atoms with Crippen molar-refractivity contribution in [2.24, 2.45) is 0 Å². The van der Waals surface area contributed by atoms with Crippen molar-refractivity contribution in [2.75, 3.05) is 47.5 Å². The lowest BCUT2D eigenvalue weighted by molar-refractivity contribution is -0.870. The van der Waals surface area contributed by atoms with Gasteiger partial charge < -0.3 is 28.5 Å². The molecule has 0 fully saturated rings. The van der Waals surface area contributed by atoms with E-state index in [0.29, 0.717) is 23.9 Å². The van der Waals surface area contributed by atoms with Crippen LogP contribution in [0.25, 0.3) is 0 Å². The van der Waals surface area contributed by atoms with Gasteiger partial charge in [0.05, 0.1) is 34.4 Å². The van der Waals surface area contributed by atoms with Crippen molar-refractivity contribution in [3.63, 3.8) is 0 Å². The van der Waals surface area contributed by atoms with E-state index in [0.717, 1.165) is 116 Å². The third-order valence-corrected chi connectivity index (χ3v) is 11.3. The first-order valence-electron chi connectivity index (χ1n) is 28.5. The zero-order valence-corrected chi connectivity index (χ0v) is 47.2. The van der Waals surface area contributed by atoms with Crippen LogP contribution in [-0.4, -0.2) is 87.4 Å². The largest absolute Gasteiger partial charge is 0.477 e. The normalized spacial score (nSPS) is 13.9. The fourth-order valence-corrected chi connectivity index (χ4v) is 6.95. The Hall–Kier alpha value is -4.83. The molecule has 0 aliphatic heterocycles. The number of ether oxygens (including phenoxy) is 4. The van der Waals surface area contributed by atoms with E-state index < -0.39 is 24.3 Å². The smallest absolute Gasteiger partial charge is 0.361 e. The van der Waals surface area contributed by atoms with Crippen LogP contribution in [0.3, 0.4) is 0 Å². The maximum absolute atomic E-state index is 12.8. The van der Waals surface area contributed by atoms with E-state index in [-0.39, 0.29) is 38.6 Å². The number of carboxylic acids is 1. The molecule has 2 atom stereocenters. The Kier molecular flexibility index (Phi) is 50.9. The van der Waals surface area contributed by atoms with E-state index >= 15 is 0 Å². The number of hydrogen-bond donors (Lipinski definition) is 1. The predicted molar refractivity (Wildman–Crippen MR) is 313 cm³/mol. The van der Waals surface area contributed by atoms with Crippen LogP contribution in [0.1, 0.15) is 187 Å². The molecule has 0 saturated heterocycles. The van der Waals surface area contributed by atoms with Crippen LogP contribution in [0, 0.1) is 0 Å². The molecule has 0 aliphatic carbocycles. The lowest BCUT2D eigenvalue weighted by Gasteiger charge is -2.25. The van der Waals surface area contributed by atoms with Gasteiger partial charge in [-0.05, 0) is 122 Å². The van der Waals surface area contributed by atoms with Crippen molar-refractivity contribution in [3.05, 3.63) is 146 Å². The fraction of sp³-hybridized carbons (Fsp3) is 0.585. The Balaban J connectivity index is 4.40. The quantitative estimate of drug-likeness (QED) is 0.0211. The van der Waals surface area contributed by atoms with Gasteiger partial charge in [0.2, 0.25) is 0 Å². The van der Waals surface area contributed by atoms with Gasteiger partial charge in [-0.2, -0.15) is 0 Å². The van der Waals surface area contributed by atoms with Gasteiger partial charge >= 0.3 is 17.9 Å². The molecule has 0 spiro atoms. The highest BCUT2D eigenvalue weighted by Crippen LogP contribution is 2.12. The molecule has 0 heterocycles. The van der Waals surface area contributed by atoms with Gasteiger partial charge in [-0.25, -0.2) is 4.79 Å². The number of esters is 2. The van der Waals surface area contributed by atoms with Gasteiger partial charge in [-0.15, -0.1) is 0 Å². The SMILES string of the molecule is CC/C=C\C/C=C\C/C=C\C/C=C\C/C=C\C/C=C\C/C=C\C/C=C\C/C=C\C/C=C\CCCCC(=O)OC(COC(=O)CCCCCCC/C=C\C/C=C\CCCCCC)COC(OCC[N+](C)(C)C)C(=O)O. The zero-order valence-electron chi connectivity index (χ0n) is 47.2. The number of carbonyl (C=O) groups excluding carboxylic acids is 2. The molecule has 0 bridgehead atoms. The first-order chi connectivity index (χ1) is 36.1. The molecule has 74 heavy (non-hydrogen) atoms. The summed E-state index contributed by atoms with van der Waals surface area (Å²) < 4.78 is 22.8. The van der Waals surface area contributed by atoms with E-state index in [1.165, 1.54) is 32.1 Å². The number of carboxylic acid groups (broad SMARTS) is 1. The molecule has 0 aliphatic rings. The molecule has 0 aromatic rings. The van der Waals surface area contributed by atoms with Crippen LogP contribution in [0.2, 0.25) is 0 Å². The molecule has 0 radical (unpaired) electrons. The summed E-state index contributed by atoms with van der Waals surface area (Å²) in [7, 11) is 5.93. The first kappa shape index (κ1) is 69.2. The second-order valence-corrected chi connectivity index (χ2v) is 19.5. The van der Waals surface area contributed by atoms with Crippen LogP contribution in [0.15, 0.2) is 146 Å². The van der Waals surface area contributed by atoms with Gasteiger partial charge in [0.15, 0.2) is 6.10 Å². The summed E-state index contributed by atoms with van der Waals surface area (Å²) in [6.45, 7) is 4.64.